The Labute approximate surface area is 85.3 Å². The van der Waals surface area contributed by atoms with Crippen molar-refractivity contribution in [2.75, 3.05) is 5.73 Å². The first kappa shape index (κ1) is 10.3. The van der Waals surface area contributed by atoms with Gasteiger partial charge < -0.3 is 5.73 Å². The van der Waals surface area contributed by atoms with Gasteiger partial charge in [0, 0.05) is 5.69 Å². The summed E-state index contributed by atoms with van der Waals surface area (Å²) in [5, 5.41) is 0. The van der Waals surface area contributed by atoms with Crippen LogP contribution in [0.1, 0.15) is 12.0 Å². The van der Waals surface area contributed by atoms with Gasteiger partial charge >= 0.3 is 0 Å². The first-order valence-electron chi connectivity index (χ1n) is 4.63. The summed E-state index contributed by atoms with van der Waals surface area (Å²) in [5.74, 6) is 0. The Morgan fingerprint density at radius 3 is 2.71 bits per heavy atom. The normalized spacial score (nSPS) is 11.1. The summed E-state index contributed by atoms with van der Waals surface area (Å²) in [6, 6.07) is 7.82. The van der Waals surface area contributed by atoms with E-state index in [2.05, 4.69) is 12.7 Å². The van der Waals surface area contributed by atoms with Crippen molar-refractivity contribution in [1.29, 1.82) is 0 Å². The van der Waals surface area contributed by atoms with E-state index in [-0.39, 0.29) is 0 Å². The second kappa shape index (κ2) is 5.81. The van der Waals surface area contributed by atoms with Crippen LogP contribution in [-0.2, 0) is 0 Å². The van der Waals surface area contributed by atoms with Gasteiger partial charge in [0.2, 0.25) is 0 Å². The van der Waals surface area contributed by atoms with Crippen molar-refractivity contribution in [2.45, 2.75) is 6.42 Å². The van der Waals surface area contributed by atoms with Crippen LogP contribution in [0.3, 0.4) is 0 Å². The fourth-order valence-corrected chi connectivity index (χ4v) is 1.11. The molecule has 0 aliphatic rings. The van der Waals surface area contributed by atoms with Gasteiger partial charge in [-0.05, 0) is 18.1 Å². The maximum absolute atomic E-state index is 5.78. The van der Waals surface area contributed by atoms with E-state index in [0.29, 0.717) is 0 Å². The molecule has 0 fully saturated rings. The standard InChI is InChI=1S/C13H15N/c1-2-3-4-5-6-9-12-10-7-8-11-13(12)14/h2-4,6-11H,1,5,14H2/b4-3?,9-6-. The third kappa shape index (κ3) is 3.31. The maximum Gasteiger partial charge on any atom is 0.0387 e. The molecule has 0 amide bonds. The highest BCUT2D eigenvalue weighted by Gasteiger charge is 1.89. The monoisotopic (exact) mass is 185 g/mol. The summed E-state index contributed by atoms with van der Waals surface area (Å²) in [7, 11) is 0. The lowest BCUT2D eigenvalue weighted by molar-refractivity contribution is 1.41. The Hall–Kier alpha value is -1.76. The van der Waals surface area contributed by atoms with E-state index in [4.69, 9.17) is 5.73 Å². The van der Waals surface area contributed by atoms with Gasteiger partial charge in [-0.25, -0.2) is 0 Å². The third-order valence-corrected chi connectivity index (χ3v) is 1.84. The summed E-state index contributed by atoms with van der Waals surface area (Å²) < 4.78 is 0. The predicted molar refractivity (Wildman–Crippen MR) is 63.8 cm³/mol. The minimum Gasteiger partial charge on any atom is -0.398 e. The Kier molecular flexibility index (Phi) is 4.29. The van der Waals surface area contributed by atoms with Crippen LogP contribution in [0, 0.1) is 0 Å². The van der Waals surface area contributed by atoms with Crippen molar-refractivity contribution in [1.82, 2.24) is 0 Å². The van der Waals surface area contributed by atoms with Gasteiger partial charge in [0.15, 0.2) is 0 Å². The number of benzene rings is 1. The molecule has 0 saturated carbocycles. The molecule has 72 valence electrons. The molecule has 0 saturated heterocycles. The Morgan fingerprint density at radius 1 is 1.21 bits per heavy atom. The number of allylic oxidation sites excluding steroid dienone is 4. The van der Waals surface area contributed by atoms with Crippen LogP contribution in [-0.4, -0.2) is 0 Å². The third-order valence-electron chi connectivity index (χ3n) is 1.84. The van der Waals surface area contributed by atoms with Crippen molar-refractivity contribution in [3.8, 4) is 0 Å². The van der Waals surface area contributed by atoms with Crippen LogP contribution in [0.2, 0.25) is 0 Å². The van der Waals surface area contributed by atoms with Crippen molar-refractivity contribution >= 4 is 11.8 Å². The van der Waals surface area contributed by atoms with Crippen LogP contribution in [0.5, 0.6) is 0 Å². The molecule has 0 unspecified atom stereocenters. The van der Waals surface area contributed by atoms with Crippen LogP contribution >= 0.6 is 0 Å². The van der Waals surface area contributed by atoms with E-state index in [0.717, 1.165) is 17.7 Å². The largest absolute Gasteiger partial charge is 0.398 e. The first-order valence-corrected chi connectivity index (χ1v) is 4.63. The molecule has 1 rings (SSSR count). The Balaban J connectivity index is 2.56. The number of nitrogen functional groups attached to an aromatic ring is 1. The molecule has 0 aromatic heterocycles. The van der Waals surface area contributed by atoms with Crippen molar-refractivity contribution in [3.05, 3.63) is 60.7 Å². The average molecular weight is 185 g/mol. The fourth-order valence-electron chi connectivity index (χ4n) is 1.11. The second-order valence-electron chi connectivity index (χ2n) is 2.93. The van der Waals surface area contributed by atoms with Crippen molar-refractivity contribution in [2.24, 2.45) is 0 Å². The number of nitrogens with two attached hydrogens (primary N) is 1. The maximum atomic E-state index is 5.78. The molecule has 0 spiro atoms. The SMILES string of the molecule is C=CC=CC/C=C\c1ccccc1N. The molecular formula is C13H15N. The molecule has 1 nitrogen and oxygen atoms in total. The Bertz CT molecular complexity index is 348. The van der Waals surface area contributed by atoms with Crippen molar-refractivity contribution in [3.63, 3.8) is 0 Å². The highest BCUT2D eigenvalue weighted by Crippen LogP contribution is 2.12. The van der Waals surface area contributed by atoms with E-state index < -0.39 is 0 Å². The minimum absolute atomic E-state index is 0.816. The molecule has 0 bridgehead atoms. The highest BCUT2D eigenvalue weighted by atomic mass is 14.5. The number of hydrogen-bond acceptors (Lipinski definition) is 1. The molecule has 0 aliphatic heterocycles. The quantitative estimate of drug-likeness (QED) is 0.564. The second-order valence-corrected chi connectivity index (χ2v) is 2.93. The summed E-state index contributed by atoms with van der Waals surface area (Å²) in [6.45, 7) is 3.60. The topological polar surface area (TPSA) is 26.0 Å². The Morgan fingerprint density at radius 2 is 2.00 bits per heavy atom. The van der Waals surface area contributed by atoms with E-state index in [1.807, 2.05) is 42.5 Å². The first-order chi connectivity index (χ1) is 6.84. The molecule has 0 radical (unpaired) electrons. The van der Waals surface area contributed by atoms with Gasteiger partial charge in [0.1, 0.15) is 0 Å². The van der Waals surface area contributed by atoms with E-state index in [1.165, 1.54) is 0 Å². The molecule has 0 heterocycles. The minimum atomic E-state index is 0.816. The van der Waals surface area contributed by atoms with E-state index in [9.17, 15) is 0 Å². The molecule has 0 atom stereocenters. The lowest BCUT2D eigenvalue weighted by atomic mass is 10.1. The number of rotatable bonds is 4. The van der Waals surface area contributed by atoms with Gasteiger partial charge in [0.25, 0.3) is 0 Å². The van der Waals surface area contributed by atoms with Crippen molar-refractivity contribution < 1.29 is 0 Å². The van der Waals surface area contributed by atoms with Gasteiger partial charge in [-0.1, -0.05) is 55.2 Å². The van der Waals surface area contributed by atoms with Crippen LogP contribution in [0.15, 0.2) is 55.1 Å². The van der Waals surface area contributed by atoms with Crippen LogP contribution < -0.4 is 5.73 Å². The lowest BCUT2D eigenvalue weighted by Crippen LogP contribution is -1.86. The number of anilines is 1. The molecule has 0 aliphatic carbocycles. The summed E-state index contributed by atoms with van der Waals surface area (Å²) in [6.07, 6.45) is 10.8. The zero-order valence-electron chi connectivity index (χ0n) is 8.19. The molecular weight excluding hydrogens is 170 g/mol. The summed E-state index contributed by atoms with van der Waals surface area (Å²) >= 11 is 0. The van der Waals surface area contributed by atoms with Gasteiger partial charge in [-0.2, -0.15) is 0 Å². The number of para-hydroxylation sites is 1. The average Bonchev–Trinajstić information content (AvgIpc) is 2.20. The van der Waals surface area contributed by atoms with Crippen LogP contribution in [0.4, 0.5) is 5.69 Å². The van der Waals surface area contributed by atoms with Crippen LogP contribution in [0.25, 0.3) is 6.08 Å². The highest BCUT2D eigenvalue weighted by molar-refractivity contribution is 5.64. The molecule has 2 N–H and O–H groups in total. The zero-order chi connectivity index (χ0) is 10.2. The molecule has 14 heavy (non-hydrogen) atoms. The molecule has 1 aromatic rings. The molecule has 1 aromatic carbocycles. The van der Waals surface area contributed by atoms with Gasteiger partial charge in [0.05, 0.1) is 0 Å². The number of hydrogen-bond donors (Lipinski definition) is 1. The lowest BCUT2D eigenvalue weighted by Gasteiger charge is -1.97. The fraction of sp³-hybridized carbons (Fsp3) is 0.0769. The van der Waals surface area contributed by atoms with Gasteiger partial charge in [-0.15, -0.1) is 0 Å². The van der Waals surface area contributed by atoms with E-state index >= 15 is 0 Å². The molecule has 1 heteroatoms. The van der Waals surface area contributed by atoms with Gasteiger partial charge in [-0.3, -0.25) is 0 Å². The summed E-state index contributed by atoms with van der Waals surface area (Å²) in [5.41, 5.74) is 7.66. The smallest absolute Gasteiger partial charge is 0.0387 e. The zero-order valence-corrected chi connectivity index (χ0v) is 8.19. The van der Waals surface area contributed by atoms with E-state index in [1.54, 1.807) is 6.08 Å². The predicted octanol–water partition coefficient (Wildman–Crippen LogP) is 3.41. The summed E-state index contributed by atoms with van der Waals surface area (Å²) in [4.78, 5) is 0.